The molecule has 0 aromatic carbocycles. The molecule has 0 spiro atoms. The largest absolute Gasteiger partial charge is 0.381 e. The Morgan fingerprint density at radius 2 is 2.00 bits per heavy atom. The molecule has 3 aliphatic rings. The molecule has 0 aromatic heterocycles. The molecule has 1 heterocycles. The highest BCUT2D eigenvalue weighted by atomic mass is 16.5. The van der Waals surface area contributed by atoms with Crippen LogP contribution in [0.25, 0.3) is 0 Å². The maximum Gasteiger partial charge on any atom is 0.0501 e. The average Bonchev–Trinajstić information content (AvgIpc) is 2.59. The molecule has 3 rings (SSSR count). The third-order valence-electron chi connectivity index (χ3n) is 4.24. The molecule has 0 radical (unpaired) electrons. The number of nitrogens with one attached hydrogen (secondary N) is 1. The van der Waals surface area contributed by atoms with Crippen molar-refractivity contribution < 1.29 is 4.74 Å². The van der Waals surface area contributed by atoms with E-state index in [2.05, 4.69) is 5.32 Å². The van der Waals surface area contributed by atoms with Crippen molar-refractivity contribution in [2.75, 3.05) is 19.8 Å². The van der Waals surface area contributed by atoms with Crippen molar-refractivity contribution in [3.05, 3.63) is 0 Å². The van der Waals surface area contributed by atoms with Crippen LogP contribution in [0.4, 0.5) is 0 Å². The van der Waals surface area contributed by atoms with Crippen molar-refractivity contribution in [2.24, 2.45) is 23.5 Å². The van der Waals surface area contributed by atoms with Gasteiger partial charge in [-0.2, -0.15) is 0 Å². The Kier molecular flexibility index (Phi) is 2.26. The molecule has 3 nitrogen and oxygen atoms in total. The Morgan fingerprint density at radius 3 is 2.64 bits per heavy atom. The second-order valence-corrected chi connectivity index (χ2v) is 5.21. The fourth-order valence-electron chi connectivity index (χ4n) is 3.17. The molecule has 0 aromatic rings. The van der Waals surface area contributed by atoms with Crippen LogP contribution in [0.5, 0.6) is 0 Å². The van der Waals surface area contributed by atoms with Gasteiger partial charge < -0.3 is 15.8 Å². The van der Waals surface area contributed by atoms with Gasteiger partial charge in [-0.3, -0.25) is 0 Å². The Labute approximate surface area is 85.4 Å². The van der Waals surface area contributed by atoms with E-state index in [4.69, 9.17) is 10.5 Å². The average molecular weight is 196 g/mol. The first kappa shape index (κ1) is 9.13. The summed E-state index contributed by atoms with van der Waals surface area (Å²) in [6.45, 7) is 3.23. The van der Waals surface area contributed by atoms with Crippen LogP contribution in [0, 0.1) is 17.8 Å². The quantitative estimate of drug-likeness (QED) is 0.684. The SMILES string of the molecule is NC1CCC(NCC2C3COCC23)C1. The number of rotatable bonds is 3. The minimum Gasteiger partial charge on any atom is -0.381 e. The second-order valence-electron chi connectivity index (χ2n) is 5.21. The molecule has 4 atom stereocenters. The second kappa shape index (κ2) is 3.47. The number of hydrogen-bond acceptors (Lipinski definition) is 3. The van der Waals surface area contributed by atoms with Crippen molar-refractivity contribution in [1.82, 2.24) is 5.32 Å². The monoisotopic (exact) mass is 196 g/mol. The van der Waals surface area contributed by atoms with Gasteiger partial charge in [0.15, 0.2) is 0 Å². The molecule has 3 fully saturated rings. The predicted molar refractivity (Wildman–Crippen MR) is 54.9 cm³/mol. The molecule has 80 valence electrons. The molecule has 14 heavy (non-hydrogen) atoms. The molecular formula is C11H20N2O. The van der Waals surface area contributed by atoms with E-state index in [-0.39, 0.29) is 0 Å². The van der Waals surface area contributed by atoms with Crippen LogP contribution in [0.2, 0.25) is 0 Å². The van der Waals surface area contributed by atoms with Gasteiger partial charge >= 0.3 is 0 Å². The third-order valence-corrected chi connectivity index (χ3v) is 4.24. The van der Waals surface area contributed by atoms with E-state index in [0.717, 1.165) is 31.0 Å². The van der Waals surface area contributed by atoms with Crippen LogP contribution >= 0.6 is 0 Å². The third kappa shape index (κ3) is 1.58. The lowest BCUT2D eigenvalue weighted by Gasteiger charge is -2.13. The number of ether oxygens (including phenoxy) is 1. The van der Waals surface area contributed by atoms with Gasteiger partial charge in [0, 0.05) is 12.1 Å². The standard InChI is InChI=1S/C11H20N2O/c12-7-1-2-8(3-7)13-4-9-10-5-14-6-11(9)10/h7-11,13H,1-6,12H2. The minimum absolute atomic E-state index is 0.453. The van der Waals surface area contributed by atoms with Gasteiger partial charge in [-0.05, 0) is 43.6 Å². The molecule has 3 heteroatoms. The highest BCUT2D eigenvalue weighted by Gasteiger charge is 2.53. The van der Waals surface area contributed by atoms with Gasteiger partial charge in [0.25, 0.3) is 0 Å². The summed E-state index contributed by atoms with van der Waals surface area (Å²) >= 11 is 0. The Hall–Kier alpha value is -0.120. The van der Waals surface area contributed by atoms with Gasteiger partial charge in [-0.25, -0.2) is 0 Å². The van der Waals surface area contributed by atoms with E-state index >= 15 is 0 Å². The van der Waals surface area contributed by atoms with E-state index in [1.54, 1.807) is 0 Å². The molecule has 3 N–H and O–H groups in total. The molecule has 1 aliphatic heterocycles. The molecule has 2 aliphatic carbocycles. The lowest BCUT2D eigenvalue weighted by molar-refractivity contribution is 0.150. The zero-order valence-electron chi connectivity index (χ0n) is 8.61. The fourth-order valence-corrected chi connectivity index (χ4v) is 3.17. The van der Waals surface area contributed by atoms with Crippen LogP contribution < -0.4 is 11.1 Å². The van der Waals surface area contributed by atoms with Crippen molar-refractivity contribution in [2.45, 2.75) is 31.3 Å². The van der Waals surface area contributed by atoms with Crippen molar-refractivity contribution in [3.8, 4) is 0 Å². The highest BCUT2D eigenvalue weighted by molar-refractivity contribution is 5.01. The van der Waals surface area contributed by atoms with E-state index in [1.165, 1.54) is 25.8 Å². The lowest BCUT2D eigenvalue weighted by atomic mass is 10.2. The summed E-state index contributed by atoms with van der Waals surface area (Å²) in [7, 11) is 0. The van der Waals surface area contributed by atoms with Gasteiger partial charge in [0.1, 0.15) is 0 Å². The maximum absolute atomic E-state index is 5.88. The van der Waals surface area contributed by atoms with Gasteiger partial charge in [-0.15, -0.1) is 0 Å². The van der Waals surface area contributed by atoms with Crippen LogP contribution in [-0.4, -0.2) is 31.8 Å². The zero-order valence-corrected chi connectivity index (χ0v) is 8.61. The minimum atomic E-state index is 0.453. The summed E-state index contributed by atoms with van der Waals surface area (Å²) in [5.74, 6) is 2.69. The Bertz CT molecular complexity index is 209. The Morgan fingerprint density at radius 1 is 1.21 bits per heavy atom. The predicted octanol–water partition coefficient (Wildman–Crippen LogP) is 0.348. The normalized spacial score (nSPS) is 50.8. The Balaban J connectivity index is 1.39. The molecule has 0 amide bonds. The summed E-state index contributed by atoms with van der Waals surface area (Å²) in [6.07, 6.45) is 3.66. The summed E-state index contributed by atoms with van der Waals surface area (Å²) in [5, 5.41) is 3.67. The summed E-state index contributed by atoms with van der Waals surface area (Å²) in [4.78, 5) is 0. The molecular weight excluding hydrogens is 176 g/mol. The highest BCUT2D eigenvalue weighted by Crippen LogP contribution is 2.50. The summed E-state index contributed by atoms with van der Waals surface area (Å²) < 4.78 is 5.38. The molecule has 4 unspecified atom stereocenters. The maximum atomic E-state index is 5.88. The van der Waals surface area contributed by atoms with E-state index in [1.807, 2.05) is 0 Å². The van der Waals surface area contributed by atoms with Crippen LogP contribution in [-0.2, 0) is 4.74 Å². The molecule has 1 saturated heterocycles. The number of fused-ring (bicyclic) bond motifs is 1. The fraction of sp³-hybridized carbons (Fsp3) is 1.00. The topological polar surface area (TPSA) is 47.3 Å². The van der Waals surface area contributed by atoms with Gasteiger partial charge in [0.05, 0.1) is 13.2 Å². The van der Waals surface area contributed by atoms with E-state index in [0.29, 0.717) is 12.1 Å². The zero-order chi connectivity index (χ0) is 9.54. The van der Waals surface area contributed by atoms with E-state index < -0.39 is 0 Å². The summed E-state index contributed by atoms with van der Waals surface area (Å²) in [6, 6.07) is 1.15. The lowest BCUT2D eigenvalue weighted by Crippen LogP contribution is -2.31. The van der Waals surface area contributed by atoms with Crippen LogP contribution in [0.1, 0.15) is 19.3 Å². The van der Waals surface area contributed by atoms with Crippen molar-refractivity contribution >= 4 is 0 Å². The number of nitrogens with two attached hydrogens (primary N) is 1. The smallest absolute Gasteiger partial charge is 0.0501 e. The van der Waals surface area contributed by atoms with Gasteiger partial charge in [0.2, 0.25) is 0 Å². The van der Waals surface area contributed by atoms with Crippen LogP contribution in [0.3, 0.4) is 0 Å². The number of hydrogen-bond donors (Lipinski definition) is 2. The summed E-state index contributed by atoms with van der Waals surface area (Å²) in [5.41, 5.74) is 5.88. The first-order valence-corrected chi connectivity index (χ1v) is 5.91. The molecule has 2 saturated carbocycles. The van der Waals surface area contributed by atoms with Gasteiger partial charge in [-0.1, -0.05) is 0 Å². The van der Waals surface area contributed by atoms with E-state index in [9.17, 15) is 0 Å². The molecule has 0 bridgehead atoms. The van der Waals surface area contributed by atoms with Crippen molar-refractivity contribution in [3.63, 3.8) is 0 Å². The first-order chi connectivity index (χ1) is 6.84. The van der Waals surface area contributed by atoms with Crippen molar-refractivity contribution in [1.29, 1.82) is 0 Å². The first-order valence-electron chi connectivity index (χ1n) is 5.91. The van der Waals surface area contributed by atoms with Crippen LogP contribution in [0.15, 0.2) is 0 Å².